The van der Waals surface area contributed by atoms with E-state index in [1.807, 2.05) is 30.3 Å². The smallest absolute Gasteiger partial charge is 0.316 e. The molecule has 0 aliphatic carbocycles. The topological polar surface area (TPSA) is 44.8 Å². The number of methoxy groups -OCH3 is 1. The van der Waals surface area contributed by atoms with Crippen molar-refractivity contribution in [1.29, 1.82) is 0 Å². The van der Waals surface area contributed by atoms with Crippen LogP contribution in [-0.2, 0) is 25.4 Å². The molecule has 0 saturated heterocycles. The number of rotatable bonds is 4. The quantitative estimate of drug-likeness (QED) is 0.746. The van der Waals surface area contributed by atoms with E-state index in [0.717, 1.165) is 5.56 Å². The first kappa shape index (κ1) is 11.5. The Bertz CT molecular complexity index is 411. The van der Waals surface area contributed by atoms with Gasteiger partial charge in [-0.05, 0) is 12.0 Å². The average Bonchev–Trinajstić information content (AvgIpc) is 2.90. The Hall–Kier alpha value is -1.97. The highest BCUT2D eigenvalue weighted by Gasteiger charge is 2.28. The first-order chi connectivity index (χ1) is 8.31. The number of carbonyl (C=O) groups is 1. The monoisotopic (exact) mass is 234 g/mol. The van der Waals surface area contributed by atoms with Gasteiger partial charge in [0.1, 0.15) is 17.9 Å². The Morgan fingerprint density at radius 2 is 2.18 bits per heavy atom. The number of esters is 1. The molecule has 0 radical (unpaired) electrons. The Morgan fingerprint density at radius 1 is 1.41 bits per heavy atom. The van der Waals surface area contributed by atoms with E-state index in [1.165, 1.54) is 13.4 Å². The van der Waals surface area contributed by atoms with E-state index in [4.69, 9.17) is 14.2 Å². The van der Waals surface area contributed by atoms with E-state index in [2.05, 4.69) is 0 Å². The van der Waals surface area contributed by atoms with Crippen LogP contribution in [-0.4, -0.2) is 19.9 Å². The van der Waals surface area contributed by atoms with Gasteiger partial charge in [0.15, 0.2) is 0 Å². The van der Waals surface area contributed by atoms with Gasteiger partial charge in [-0.25, -0.2) is 0 Å². The van der Waals surface area contributed by atoms with Gasteiger partial charge in [-0.15, -0.1) is 0 Å². The second kappa shape index (κ2) is 5.39. The molecule has 1 aromatic rings. The molecule has 0 bridgehead atoms. The van der Waals surface area contributed by atoms with Crippen LogP contribution in [0.4, 0.5) is 0 Å². The lowest BCUT2D eigenvalue weighted by Crippen LogP contribution is -2.21. The number of hydrogen-bond donors (Lipinski definition) is 0. The van der Waals surface area contributed by atoms with Crippen molar-refractivity contribution in [3.8, 4) is 0 Å². The SMILES string of the molecule is COC(=O)C(Cc1ccccc1)C1=COCO1. The van der Waals surface area contributed by atoms with Crippen LogP contribution in [0.2, 0.25) is 0 Å². The zero-order valence-corrected chi connectivity index (χ0v) is 9.59. The molecule has 4 nitrogen and oxygen atoms in total. The normalized spacial score (nSPS) is 15.5. The van der Waals surface area contributed by atoms with Crippen molar-refractivity contribution in [2.45, 2.75) is 6.42 Å². The Balaban J connectivity index is 2.13. The van der Waals surface area contributed by atoms with Crippen LogP contribution in [0.5, 0.6) is 0 Å². The summed E-state index contributed by atoms with van der Waals surface area (Å²) in [7, 11) is 1.37. The summed E-state index contributed by atoms with van der Waals surface area (Å²) in [5.74, 6) is -0.226. The summed E-state index contributed by atoms with van der Waals surface area (Å²) in [5.41, 5.74) is 1.05. The molecule has 1 unspecified atom stereocenters. The largest absolute Gasteiger partial charge is 0.468 e. The van der Waals surface area contributed by atoms with Gasteiger partial charge >= 0.3 is 5.97 Å². The minimum atomic E-state index is -0.440. The van der Waals surface area contributed by atoms with Crippen LogP contribution in [0.3, 0.4) is 0 Å². The van der Waals surface area contributed by atoms with Crippen molar-refractivity contribution >= 4 is 5.97 Å². The molecule has 4 heteroatoms. The summed E-state index contributed by atoms with van der Waals surface area (Å²) in [5, 5.41) is 0. The first-order valence-corrected chi connectivity index (χ1v) is 5.37. The highest BCUT2D eigenvalue weighted by atomic mass is 16.7. The van der Waals surface area contributed by atoms with E-state index in [1.54, 1.807) is 0 Å². The first-order valence-electron chi connectivity index (χ1n) is 5.37. The molecular weight excluding hydrogens is 220 g/mol. The van der Waals surface area contributed by atoms with Crippen molar-refractivity contribution < 1.29 is 19.0 Å². The molecule has 0 amide bonds. The molecule has 90 valence electrons. The predicted octanol–water partition coefficient (Wildman–Crippen LogP) is 1.86. The second-order valence-electron chi connectivity index (χ2n) is 3.71. The third kappa shape index (κ3) is 2.78. The minimum Gasteiger partial charge on any atom is -0.468 e. The minimum absolute atomic E-state index is 0.164. The molecule has 0 fully saturated rings. The van der Waals surface area contributed by atoms with Gasteiger partial charge in [0.25, 0.3) is 0 Å². The molecule has 0 spiro atoms. The van der Waals surface area contributed by atoms with Crippen LogP contribution in [0.1, 0.15) is 5.56 Å². The van der Waals surface area contributed by atoms with Gasteiger partial charge < -0.3 is 14.2 Å². The molecule has 17 heavy (non-hydrogen) atoms. The van der Waals surface area contributed by atoms with Crippen molar-refractivity contribution in [3.63, 3.8) is 0 Å². The maximum atomic E-state index is 11.7. The van der Waals surface area contributed by atoms with Gasteiger partial charge in [0.05, 0.1) is 7.11 Å². The highest BCUT2D eigenvalue weighted by molar-refractivity contribution is 5.75. The number of benzene rings is 1. The summed E-state index contributed by atoms with van der Waals surface area (Å²) in [6, 6.07) is 9.73. The van der Waals surface area contributed by atoms with Crippen LogP contribution < -0.4 is 0 Å². The van der Waals surface area contributed by atoms with Gasteiger partial charge in [-0.1, -0.05) is 30.3 Å². The molecule has 0 saturated carbocycles. The lowest BCUT2D eigenvalue weighted by atomic mass is 9.98. The van der Waals surface area contributed by atoms with E-state index in [-0.39, 0.29) is 12.8 Å². The summed E-state index contributed by atoms with van der Waals surface area (Å²) in [6.45, 7) is 0.164. The van der Waals surface area contributed by atoms with E-state index >= 15 is 0 Å². The Labute approximate surface area is 99.8 Å². The Kier molecular flexibility index (Phi) is 3.65. The lowest BCUT2D eigenvalue weighted by molar-refractivity contribution is -0.145. The molecule has 1 aliphatic rings. The van der Waals surface area contributed by atoms with Crippen LogP contribution in [0.25, 0.3) is 0 Å². The lowest BCUT2D eigenvalue weighted by Gasteiger charge is -2.14. The van der Waals surface area contributed by atoms with Gasteiger partial charge in [0.2, 0.25) is 6.79 Å². The van der Waals surface area contributed by atoms with Crippen molar-refractivity contribution in [3.05, 3.63) is 47.9 Å². The molecule has 2 rings (SSSR count). The molecule has 0 N–H and O–H groups in total. The average molecular weight is 234 g/mol. The van der Waals surface area contributed by atoms with Crippen molar-refractivity contribution in [2.75, 3.05) is 13.9 Å². The van der Waals surface area contributed by atoms with E-state index in [0.29, 0.717) is 12.2 Å². The fourth-order valence-electron chi connectivity index (χ4n) is 1.73. The summed E-state index contributed by atoms with van der Waals surface area (Å²) >= 11 is 0. The van der Waals surface area contributed by atoms with Crippen LogP contribution >= 0.6 is 0 Å². The molecule has 1 atom stereocenters. The fourth-order valence-corrected chi connectivity index (χ4v) is 1.73. The molecular formula is C13H14O4. The van der Waals surface area contributed by atoms with Crippen molar-refractivity contribution in [1.82, 2.24) is 0 Å². The zero-order valence-electron chi connectivity index (χ0n) is 9.59. The third-order valence-electron chi connectivity index (χ3n) is 2.60. The summed E-state index contributed by atoms with van der Waals surface area (Å²) in [4.78, 5) is 11.7. The maximum absolute atomic E-state index is 11.7. The van der Waals surface area contributed by atoms with E-state index in [9.17, 15) is 4.79 Å². The number of hydrogen-bond acceptors (Lipinski definition) is 4. The third-order valence-corrected chi connectivity index (χ3v) is 2.60. The molecule has 1 aromatic carbocycles. The Morgan fingerprint density at radius 3 is 2.76 bits per heavy atom. The van der Waals surface area contributed by atoms with E-state index < -0.39 is 5.92 Å². The fraction of sp³-hybridized carbons (Fsp3) is 0.308. The summed E-state index contributed by atoms with van der Waals surface area (Å²) in [6.07, 6.45) is 2.02. The second-order valence-corrected chi connectivity index (χ2v) is 3.71. The van der Waals surface area contributed by atoms with Gasteiger partial charge in [0, 0.05) is 0 Å². The predicted molar refractivity (Wildman–Crippen MR) is 60.8 cm³/mol. The standard InChI is InChI=1S/C13H14O4/c1-15-13(14)11(12-8-16-9-17-12)7-10-5-3-2-4-6-10/h2-6,8,11H,7,9H2,1H3. The molecule has 1 aliphatic heterocycles. The van der Waals surface area contributed by atoms with Crippen LogP contribution in [0.15, 0.2) is 42.4 Å². The molecule has 1 heterocycles. The maximum Gasteiger partial charge on any atom is 0.316 e. The number of carbonyl (C=O) groups excluding carboxylic acids is 1. The highest BCUT2D eigenvalue weighted by Crippen LogP contribution is 2.23. The van der Waals surface area contributed by atoms with Crippen LogP contribution in [0, 0.1) is 5.92 Å². The van der Waals surface area contributed by atoms with Gasteiger partial charge in [-0.3, -0.25) is 4.79 Å². The van der Waals surface area contributed by atoms with Gasteiger partial charge in [-0.2, -0.15) is 0 Å². The molecule has 0 aromatic heterocycles. The zero-order chi connectivity index (χ0) is 12.1. The van der Waals surface area contributed by atoms with Crippen molar-refractivity contribution in [2.24, 2.45) is 5.92 Å². The summed E-state index contributed by atoms with van der Waals surface area (Å²) < 4.78 is 15.0. The number of ether oxygens (including phenoxy) is 3.